The molecule has 0 bridgehead atoms. The number of carbonyl (C=O) groups excluding carboxylic acids is 4. The lowest BCUT2D eigenvalue weighted by Gasteiger charge is -2.19. The minimum atomic E-state index is -0.755. The lowest BCUT2D eigenvalue weighted by Crippen LogP contribution is -2.43. The van der Waals surface area contributed by atoms with Crippen LogP contribution in [0.1, 0.15) is 59.0 Å². The third kappa shape index (κ3) is 4.70. The van der Waals surface area contributed by atoms with Crippen molar-refractivity contribution >= 4 is 23.4 Å². The zero-order valence-corrected chi connectivity index (χ0v) is 13.8. The van der Waals surface area contributed by atoms with Crippen LogP contribution >= 0.6 is 0 Å². The van der Waals surface area contributed by atoms with Crippen LogP contribution in [0.4, 0.5) is 0 Å². The highest BCUT2D eigenvalue weighted by atomic mass is 16.5. The van der Waals surface area contributed by atoms with Crippen LogP contribution in [0.3, 0.4) is 0 Å². The molecule has 1 N–H and O–H groups in total. The van der Waals surface area contributed by atoms with Crippen molar-refractivity contribution in [1.29, 1.82) is 0 Å². The lowest BCUT2D eigenvalue weighted by atomic mass is 10.00. The van der Waals surface area contributed by atoms with E-state index in [1.54, 1.807) is 13.8 Å². The monoisotopic (exact) mass is 320 g/mol. The van der Waals surface area contributed by atoms with E-state index in [9.17, 15) is 19.2 Å². The summed E-state index contributed by atoms with van der Waals surface area (Å²) in [6, 6.07) is 1.85. The Morgan fingerprint density at radius 3 is 2.09 bits per heavy atom. The first-order chi connectivity index (χ1) is 10.7. The standard InChI is InChI=1S/C16H20N2O5/c1-8(2)14(10(4)20)18-15(21)11-6-12(9(3)19)17-13(7-11)16(22)23-5/h6-8,14H,1-5H3,(H,18,21). The number of aromatic nitrogens is 1. The number of hydrogen-bond donors (Lipinski definition) is 1. The molecule has 0 aliphatic rings. The lowest BCUT2D eigenvalue weighted by molar-refractivity contribution is -0.119. The Balaban J connectivity index is 3.22. The van der Waals surface area contributed by atoms with Crippen molar-refractivity contribution in [2.75, 3.05) is 7.11 Å². The van der Waals surface area contributed by atoms with Crippen LogP contribution in [0.25, 0.3) is 0 Å². The van der Waals surface area contributed by atoms with Crippen LogP contribution in [0.15, 0.2) is 12.1 Å². The SMILES string of the molecule is COC(=O)c1cc(C(=O)NC(C(C)=O)C(C)C)cc(C(C)=O)n1. The number of carbonyl (C=O) groups is 4. The van der Waals surface area contributed by atoms with Crippen LogP contribution < -0.4 is 5.32 Å². The topological polar surface area (TPSA) is 102 Å². The molecule has 1 rings (SSSR count). The van der Waals surface area contributed by atoms with Crippen LogP contribution in [0.5, 0.6) is 0 Å². The van der Waals surface area contributed by atoms with Gasteiger partial charge in [0.1, 0.15) is 11.4 Å². The van der Waals surface area contributed by atoms with E-state index in [4.69, 9.17) is 0 Å². The number of rotatable bonds is 6. The predicted molar refractivity (Wildman–Crippen MR) is 82.4 cm³/mol. The fourth-order valence-electron chi connectivity index (χ4n) is 2.01. The molecule has 7 nitrogen and oxygen atoms in total. The third-order valence-corrected chi connectivity index (χ3v) is 3.23. The average Bonchev–Trinajstić information content (AvgIpc) is 2.50. The quantitative estimate of drug-likeness (QED) is 0.628. The maximum atomic E-state index is 12.3. The first kappa shape index (κ1) is 18.5. The highest BCUT2D eigenvalue weighted by Crippen LogP contribution is 2.11. The van der Waals surface area contributed by atoms with E-state index >= 15 is 0 Å². The first-order valence-corrected chi connectivity index (χ1v) is 7.10. The summed E-state index contributed by atoms with van der Waals surface area (Å²) in [5.74, 6) is -1.98. The summed E-state index contributed by atoms with van der Waals surface area (Å²) >= 11 is 0. The summed E-state index contributed by atoms with van der Waals surface area (Å²) < 4.78 is 4.56. The van der Waals surface area contributed by atoms with Gasteiger partial charge in [0, 0.05) is 12.5 Å². The summed E-state index contributed by atoms with van der Waals surface area (Å²) in [5.41, 5.74) is -0.103. The number of ether oxygens (including phenoxy) is 1. The summed E-state index contributed by atoms with van der Waals surface area (Å²) in [6.07, 6.45) is 0. The van der Waals surface area contributed by atoms with Gasteiger partial charge >= 0.3 is 5.97 Å². The molecule has 1 heterocycles. The molecule has 0 fully saturated rings. The Morgan fingerprint density at radius 1 is 1.09 bits per heavy atom. The van der Waals surface area contributed by atoms with E-state index in [0.717, 1.165) is 0 Å². The molecule has 0 spiro atoms. The van der Waals surface area contributed by atoms with Gasteiger partial charge in [0.15, 0.2) is 11.6 Å². The molecule has 1 unspecified atom stereocenters. The van der Waals surface area contributed by atoms with Gasteiger partial charge in [-0.3, -0.25) is 14.4 Å². The number of nitrogens with zero attached hydrogens (tertiary/aromatic N) is 1. The maximum Gasteiger partial charge on any atom is 0.356 e. The molecule has 1 amide bonds. The van der Waals surface area contributed by atoms with Crippen molar-refractivity contribution in [2.24, 2.45) is 5.92 Å². The van der Waals surface area contributed by atoms with Gasteiger partial charge in [0.2, 0.25) is 0 Å². The molecular formula is C16H20N2O5. The molecule has 0 aromatic carbocycles. The number of esters is 1. The normalized spacial score (nSPS) is 11.7. The Morgan fingerprint density at radius 2 is 1.65 bits per heavy atom. The van der Waals surface area contributed by atoms with Crippen molar-refractivity contribution in [3.63, 3.8) is 0 Å². The van der Waals surface area contributed by atoms with Gasteiger partial charge in [0.25, 0.3) is 5.91 Å². The molecule has 124 valence electrons. The maximum absolute atomic E-state index is 12.3. The van der Waals surface area contributed by atoms with Gasteiger partial charge in [0.05, 0.1) is 13.2 Å². The van der Waals surface area contributed by atoms with Crippen molar-refractivity contribution in [2.45, 2.75) is 33.7 Å². The Labute approximate surface area is 134 Å². The summed E-state index contributed by atoms with van der Waals surface area (Å²) in [6.45, 7) is 6.27. The minimum Gasteiger partial charge on any atom is -0.464 e. The molecule has 0 saturated heterocycles. The van der Waals surface area contributed by atoms with Gasteiger partial charge in [-0.05, 0) is 25.0 Å². The number of Topliss-reactive ketones (excluding diaryl/α,β-unsaturated/α-hetero) is 2. The van der Waals surface area contributed by atoms with Crippen LogP contribution in [-0.2, 0) is 9.53 Å². The Kier molecular flexibility index (Phi) is 6.12. The molecule has 0 saturated carbocycles. The van der Waals surface area contributed by atoms with E-state index < -0.39 is 23.7 Å². The van der Waals surface area contributed by atoms with Crippen molar-refractivity contribution in [3.8, 4) is 0 Å². The number of nitrogens with one attached hydrogen (secondary N) is 1. The van der Waals surface area contributed by atoms with Gasteiger partial charge in [-0.2, -0.15) is 0 Å². The van der Waals surface area contributed by atoms with Gasteiger partial charge in [-0.25, -0.2) is 9.78 Å². The van der Waals surface area contributed by atoms with Crippen LogP contribution in [-0.4, -0.2) is 41.6 Å². The highest BCUT2D eigenvalue weighted by Gasteiger charge is 2.23. The van der Waals surface area contributed by atoms with E-state index in [0.29, 0.717) is 0 Å². The summed E-state index contributed by atoms with van der Waals surface area (Å²) in [5, 5.41) is 2.60. The van der Waals surface area contributed by atoms with E-state index in [1.165, 1.54) is 33.1 Å². The molecule has 0 radical (unpaired) electrons. The second-order valence-electron chi connectivity index (χ2n) is 5.48. The van der Waals surface area contributed by atoms with Crippen molar-refractivity contribution in [3.05, 3.63) is 29.1 Å². The molecule has 1 atom stereocenters. The van der Waals surface area contributed by atoms with Gasteiger partial charge in [-0.1, -0.05) is 13.8 Å². The molecule has 23 heavy (non-hydrogen) atoms. The number of ketones is 2. The predicted octanol–water partition coefficient (Wildman–Crippen LogP) is 1.41. The molecule has 1 aromatic rings. The fourth-order valence-corrected chi connectivity index (χ4v) is 2.01. The second kappa shape index (κ2) is 7.62. The zero-order valence-electron chi connectivity index (χ0n) is 13.8. The van der Waals surface area contributed by atoms with E-state index in [2.05, 4.69) is 15.0 Å². The van der Waals surface area contributed by atoms with Crippen molar-refractivity contribution < 1.29 is 23.9 Å². The minimum absolute atomic E-state index is 0.0260. The zero-order chi connectivity index (χ0) is 17.7. The largest absolute Gasteiger partial charge is 0.464 e. The Bertz CT molecular complexity index is 652. The third-order valence-electron chi connectivity index (χ3n) is 3.23. The smallest absolute Gasteiger partial charge is 0.356 e. The molecular weight excluding hydrogens is 300 g/mol. The van der Waals surface area contributed by atoms with Crippen LogP contribution in [0, 0.1) is 5.92 Å². The van der Waals surface area contributed by atoms with Crippen LogP contribution in [0.2, 0.25) is 0 Å². The van der Waals surface area contributed by atoms with Crippen molar-refractivity contribution in [1.82, 2.24) is 10.3 Å². The number of pyridine rings is 1. The molecule has 0 aliphatic heterocycles. The van der Waals surface area contributed by atoms with E-state index in [1.807, 2.05) is 0 Å². The fraction of sp³-hybridized carbons (Fsp3) is 0.438. The highest BCUT2D eigenvalue weighted by molar-refractivity contribution is 6.02. The first-order valence-electron chi connectivity index (χ1n) is 7.10. The molecule has 7 heteroatoms. The summed E-state index contributed by atoms with van der Waals surface area (Å²) in [7, 11) is 1.18. The average molecular weight is 320 g/mol. The Hall–Kier alpha value is -2.57. The number of amides is 1. The number of hydrogen-bond acceptors (Lipinski definition) is 6. The van der Waals surface area contributed by atoms with E-state index in [-0.39, 0.29) is 28.7 Å². The van der Waals surface area contributed by atoms with Gasteiger partial charge in [-0.15, -0.1) is 0 Å². The molecule has 1 aromatic heterocycles. The second-order valence-corrected chi connectivity index (χ2v) is 5.48. The van der Waals surface area contributed by atoms with Gasteiger partial charge < -0.3 is 10.1 Å². The summed E-state index contributed by atoms with van der Waals surface area (Å²) in [4.78, 5) is 50.9. The molecule has 0 aliphatic carbocycles. The number of methoxy groups -OCH3 is 1.